The highest BCUT2D eigenvalue weighted by molar-refractivity contribution is 6.01. The van der Waals surface area contributed by atoms with Crippen LogP contribution in [-0.2, 0) is 29.5 Å². The summed E-state index contributed by atoms with van der Waals surface area (Å²) in [4.78, 5) is 54.5. The first-order valence-electron chi connectivity index (χ1n) is 10.3. The van der Waals surface area contributed by atoms with E-state index in [2.05, 4.69) is 13.8 Å². The summed E-state index contributed by atoms with van der Waals surface area (Å²) in [7, 11) is 0. The van der Waals surface area contributed by atoms with Gasteiger partial charge in [0.05, 0.1) is 13.1 Å². The Bertz CT molecular complexity index is 864. The van der Waals surface area contributed by atoms with Gasteiger partial charge in [-0.3, -0.25) is 19.3 Å². The van der Waals surface area contributed by atoms with E-state index in [4.69, 9.17) is 14.3 Å². The second-order valence-electron chi connectivity index (χ2n) is 9.13. The van der Waals surface area contributed by atoms with E-state index in [0.29, 0.717) is 16.5 Å². The van der Waals surface area contributed by atoms with Crippen LogP contribution in [0.2, 0.25) is 0 Å². The molecule has 0 aliphatic carbocycles. The molecule has 0 unspecified atom stereocenters. The van der Waals surface area contributed by atoms with Gasteiger partial charge in [0, 0.05) is 12.8 Å². The van der Waals surface area contributed by atoms with Crippen LogP contribution in [0.5, 0.6) is 0 Å². The zero-order valence-electron chi connectivity index (χ0n) is 18.5. The van der Waals surface area contributed by atoms with E-state index >= 15 is 0 Å². The number of carbonyl (C=O) groups is 4. The lowest BCUT2D eigenvalue weighted by atomic mass is 9.85. The quantitative estimate of drug-likeness (QED) is 0.530. The molecule has 31 heavy (non-hydrogen) atoms. The first kappa shape index (κ1) is 22.6. The molecule has 9 heteroatoms. The molecule has 0 saturated carbocycles. The number of benzene rings is 1. The average Bonchev–Trinajstić information content (AvgIpc) is 2.95. The summed E-state index contributed by atoms with van der Waals surface area (Å²) in [6, 6.07) is 7.53. The van der Waals surface area contributed by atoms with E-state index < -0.39 is 35.3 Å². The van der Waals surface area contributed by atoms with Crippen molar-refractivity contribution in [3.63, 3.8) is 0 Å². The Balaban J connectivity index is 1.77. The van der Waals surface area contributed by atoms with E-state index in [1.807, 2.05) is 24.3 Å². The summed E-state index contributed by atoms with van der Waals surface area (Å²) in [5.74, 6) is -0.870. The third-order valence-corrected chi connectivity index (χ3v) is 5.10. The Labute approximate surface area is 181 Å². The van der Waals surface area contributed by atoms with Crippen molar-refractivity contribution < 1.29 is 33.5 Å². The molecule has 2 saturated heterocycles. The van der Waals surface area contributed by atoms with Gasteiger partial charge in [0.1, 0.15) is 5.60 Å². The van der Waals surface area contributed by atoms with Crippen LogP contribution in [0, 0.1) is 0 Å². The fourth-order valence-corrected chi connectivity index (χ4v) is 3.41. The standard InChI is InChI=1S/C22H28N2O7/c1-14(2)15-6-8-16(9-7-15)22(12-23(13-22)19(27)29-21(3,4)5)30-20(28)31-24-17(25)10-11-18(24)26/h6-9,14H,10-13H2,1-5H3. The molecule has 0 spiro atoms. The maximum absolute atomic E-state index is 12.4. The van der Waals surface area contributed by atoms with Crippen molar-refractivity contribution in [3.8, 4) is 0 Å². The molecular formula is C22H28N2O7. The highest BCUT2D eigenvalue weighted by Gasteiger charge is 2.52. The van der Waals surface area contributed by atoms with Crippen molar-refractivity contribution in [1.29, 1.82) is 0 Å². The molecule has 168 valence electrons. The SMILES string of the molecule is CC(C)c1ccc(C2(OC(=O)ON3C(=O)CCC3=O)CN(C(=O)OC(C)(C)C)C2)cc1. The second kappa shape index (κ2) is 8.20. The molecule has 1 aromatic carbocycles. The lowest BCUT2D eigenvalue weighted by Gasteiger charge is -2.48. The lowest BCUT2D eigenvalue weighted by Crippen LogP contribution is -2.63. The minimum Gasteiger partial charge on any atom is -0.444 e. The zero-order chi connectivity index (χ0) is 23.0. The van der Waals surface area contributed by atoms with Gasteiger partial charge >= 0.3 is 12.2 Å². The molecule has 3 amide bonds. The Hall–Kier alpha value is -3.10. The van der Waals surface area contributed by atoms with Crippen LogP contribution in [0.3, 0.4) is 0 Å². The molecule has 2 aliphatic rings. The predicted molar refractivity (Wildman–Crippen MR) is 109 cm³/mol. The van der Waals surface area contributed by atoms with Gasteiger partial charge in [-0.2, -0.15) is 0 Å². The van der Waals surface area contributed by atoms with E-state index in [1.54, 1.807) is 20.8 Å². The Kier molecular flexibility index (Phi) is 5.98. The number of hydrogen-bond acceptors (Lipinski definition) is 7. The first-order chi connectivity index (χ1) is 14.4. The van der Waals surface area contributed by atoms with Crippen LogP contribution in [0.25, 0.3) is 0 Å². The minimum absolute atomic E-state index is 0.0135. The zero-order valence-corrected chi connectivity index (χ0v) is 18.5. The van der Waals surface area contributed by atoms with Crippen molar-refractivity contribution in [2.24, 2.45) is 0 Å². The number of imide groups is 1. The molecule has 1 aromatic rings. The van der Waals surface area contributed by atoms with Crippen molar-refractivity contribution in [3.05, 3.63) is 35.4 Å². The van der Waals surface area contributed by atoms with Crippen LogP contribution < -0.4 is 0 Å². The predicted octanol–water partition coefficient (Wildman–Crippen LogP) is 3.47. The van der Waals surface area contributed by atoms with Gasteiger partial charge in [-0.05, 0) is 37.8 Å². The van der Waals surface area contributed by atoms with Crippen molar-refractivity contribution in [1.82, 2.24) is 9.96 Å². The summed E-state index contributed by atoms with van der Waals surface area (Å²) in [5.41, 5.74) is -0.0504. The number of carbonyl (C=O) groups excluding carboxylic acids is 4. The number of likely N-dealkylation sites (tertiary alicyclic amines) is 1. The molecule has 2 aliphatic heterocycles. The molecule has 2 fully saturated rings. The van der Waals surface area contributed by atoms with Gasteiger partial charge in [-0.15, -0.1) is 0 Å². The molecule has 0 N–H and O–H groups in total. The highest BCUT2D eigenvalue weighted by Crippen LogP contribution is 2.38. The van der Waals surface area contributed by atoms with Crippen LogP contribution in [-0.4, -0.2) is 52.7 Å². The summed E-state index contributed by atoms with van der Waals surface area (Å²) in [6.45, 7) is 9.54. The Morgan fingerprint density at radius 3 is 2.03 bits per heavy atom. The lowest BCUT2D eigenvalue weighted by molar-refractivity contribution is -0.190. The van der Waals surface area contributed by atoms with Crippen molar-refractivity contribution in [2.45, 2.75) is 64.6 Å². The number of amides is 3. The van der Waals surface area contributed by atoms with Crippen LogP contribution in [0.15, 0.2) is 24.3 Å². The normalized spacial score (nSPS) is 18.1. The largest absolute Gasteiger partial charge is 0.534 e. The number of rotatable bonds is 4. The summed E-state index contributed by atoms with van der Waals surface area (Å²) < 4.78 is 11.0. The summed E-state index contributed by atoms with van der Waals surface area (Å²) in [6.07, 6.45) is -1.73. The van der Waals surface area contributed by atoms with E-state index in [-0.39, 0.29) is 25.9 Å². The maximum Gasteiger partial charge on any atom is 0.534 e. The van der Waals surface area contributed by atoms with Crippen LogP contribution >= 0.6 is 0 Å². The van der Waals surface area contributed by atoms with Gasteiger partial charge < -0.3 is 9.47 Å². The van der Waals surface area contributed by atoms with Crippen LogP contribution in [0.4, 0.5) is 9.59 Å². The van der Waals surface area contributed by atoms with E-state index in [0.717, 1.165) is 5.56 Å². The topological polar surface area (TPSA) is 102 Å². The fourth-order valence-electron chi connectivity index (χ4n) is 3.41. The molecule has 0 aromatic heterocycles. The third-order valence-electron chi connectivity index (χ3n) is 5.10. The van der Waals surface area contributed by atoms with E-state index in [1.165, 1.54) is 4.90 Å². The first-order valence-corrected chi connectivity index (χ1v) is 10.3. The molecule has 3 rings (SSSR count). The van der Waals surface area contributed by atoms with Gasteiger partial charge in [-0.1, -0.05) is 43.2 Å². The Morgan fingerprint density at radius 2 is 1.55 bits per heavy atom. The van der Waals surface area contributed by atoms with Gasteiger partial charge in [-0.25, -0.2) is 9.59 Å². The number of hydroxylamine groups is 2. The van der Waals surface area contributed by atoms with Crippen molar-refractivity contribution in [2.75, 3.05) is 13.1 Å². The molecular weight excluding hydrogens is 404 g/mol. The smallest absolute Gasteiger partial charge is 0.444 e. The number of ether oxygens (including phenoxy) is 2. The maximum atomic E-state index is 12.4. The van der Waals surface area contributed by atoms with Gasteiger partial charge in [0.25, 0.3) is 11.8 Å². The minimum atomic E-state index is -1.18. The number of hydrogen-bond donors (Lipinski definition) is 0. The summed E-state index contributed by atoms with van der Waals surface area (Å²) >= 11 is 0. The van der Waals surface area contributed by atoms with E-state index in [9.17, 15) is 19.2 Å². The second-order valence-corrected chi connectivity index (χ2v) is 9.13. The molecule has 0 bridgehead atoms. The van der Waals surface area contributed by atoms with Crippen LogP contribution in [0.1, 0.15) is 64.5 Å². The highest BCUT2D eigenvalue weighted by atomic mass is 16.8. The molecule has 0 atom stereocenters. The third kappa shape index (κ3) is 4.98. The fraction of sp³-hybridized carbons (Fsp3) is 0.545. The number of nitrogens with zero attached hydrogens (tertiary/aromatic N) is 2. The molecule has 0 radical (unpaired) electrons. The van der Waals surface area contributed by atoms with Gasteiger partial charge in [0.2, 0.25) is 0 Å². The average molecular weight is 432 g/mol. The molecule has 2 heterocycles. The van der Waals surface area contributed by atoms with Gasteiger partial charge in [0.15, 0.2) is 5.60 Å². The summed E-state index contributed by atoms with van der Waals surface area (Å²) in [5, 5.41) is 0.433. The van der Waals surface area contributed by atoms with Crippen molar-refractivity contribution >= 4 is 24.1 Å². The Morgan fingerprint density at radius 1 is 1.00 bits per heavy atom. The molecule has 9 nitrogen and oxygen atoms in total. The monoisotopic (exact) mass is 432 g/mol.